The van der Waals surface area contributed by atoms with Crippen LogP contribution in [0.4, 0.5) is 5.69 Å². The van der Waals surface area contributed by atoms with Gasteiger partial charge in [-0.25, -0.2) is 0 Å². The quantitative estimate of drug-likeness (QED) is 0.550. The molecular formula is C20H16ClN5O. The van der Waals surface area contributed by atoms with E-state index in [-0.39, 0.29) is 5.57 Å². The van der Waals surface area contributed by atoms with Gasteiger partial charge >= 0.3 is 0 Å². The Morgan fingerprint density at radius 1 is 1.30 bits per heavy atom. The number of hydrogen-bond donors (Lipinski definition) is 1. The van der Waals surface area contributed by atoms with Gasteiger partial charge < -0.3 is 5.32 Å². The van der Waals surface area contributed by atoms with Crippen LogP contribution in [0, 0.1) is 18.3 Å². The van der Waals surface area contributed by atoms with Crippen molar-refractivity contribution in [1.82, 2.24) is 14.8 Å². The number of benzene rings is 1. The van der Waals surface area contributed by atoms with Crippen molar-refractivity contribution in [3.63, 3.8) is 0 Å². The standard InChI is InChI=1S/C20H16ClN5O/c1-13-17(21)4-3-5-18(13)24-20(27)15(11-22)10-16-12-26(2)25-19(16)14-6-8-23-9-7-14/h3-10,12H,1-2H3,(H,24,27)/b15-10-. The second kappa shape index (κ2) is 7.85. The molecule has 6 nitrogen and oxygen atoms in total. The molecular weight excluding hydrogens is 362 g/mol. The fourth-order valence-corrected chi connectivity index (χ4v) is 2.76. The summed E-state index contributed by atoms with van der Waals surface area (Å²) in [6.45, 7) is 1.80. The number of rotatable bonds is 4. The van der Waals surface area contributed by atoms with Crippen molar-refractivity contribution in [1.29, 1.82) is 5.26 Å². The molecule has 27 heavy (non-hydrogen) atoms. The van der Waals surface area contributed by atoms with E-state index in [1.165, 1.54) is 6.08 Å². The summed E-state index contributed by atoms with van der Waals surface area (Å²) in [6, 6.07) is 10.8. The normalized spacial score (nSPS) is 11.1. The number of carbonyl (C=O) groups is 1. The molecule has 0 unspecified atom stereocenters. The van der Waals surface area contributed by atoms with Crippen LogP contribution in [0.1, 0.15) is 11.1 Å². The van der Waals surface area contributed by atoms with Crippen molar-refractivity contribution in [2.45, 2.75) is 6.92 Å². The number of pyridine rings is 1. The van der Waals surface area contributed by atoms with Crippen LogP contribution in [0.15, 0.2) is 54.5 Å². The van der Waals surface area contributed by atoms with Gasteiger partial charge in [-0.05, 0) is 42.8 Å². The molecule has 0 atom stereocenters. The highest BCUT2D eigenvalue weighted by Gasteiger charge is 2.15. The number of carbonyl (C=O) groups excluding carboxylic acids is 1. The molecule has 0 saturated carbocycles. The highest BCUT2D eigenvalue weighted by atomic mass is 35.5. The first-order valence-electron chi connectivity index (χ1n) is 8.12. The molecule has 3 aromatic rings. The van der Waals surface area contributed by atoms with E-state index in [1.807, 2.05) is 18.2 Å². The van der Waals surface area contributed by atoms with Crippen molar-refractivity contribution < 1.29 is 4.79 Å². The zero-order valence-corrected chi connectivity index (χ0v) is 15.5. The predicted octanol–water partition coefficient (Wildman–Crippen LogP) is 3.99. The van der Waals surface area contributed by atoms with Gasteiger partial charge in [0, 0.05) is 47.5 Å². The predicted molar refractivity (Wildman–Crippen MR) is 105 cm³/mol. The first-order valence-corrected chi connectivity index (χ1v) is 8.49. The van der Waals surface area contributed by atoms with Gasteiger partial charge in [0.15, 0.2) is 0 Å². The molecule has 134 valence electrons. The van der Waals surface area contributed by atoms with Crippen LogP contribution in [-0.4, -0.2) is 20.7 Å². The number of aromatic nitrogens is 3. The molecule has 2 aromatic heterocycles. The topological polar surface area (TPSA) is 83.6 Å². The molecule has 0 bridgehead atoms. The van der Waals surface area contributed by atoms with Crippen LogP contribution in [0.25, 0.3) is 17.3 Å². The number of hydrogen-bond acceptors (Lipinski definition) is 4. The van der Waals surface area contributed by atoms with Gasteiger partial charge in [-0.3, -0.25) is 14.5 Å². The van der Waals surface area contributed by atoms with E-state index in [0.29, 0.717) is 22.0 Å². The third kappa shape index (κ3) is 4.05. The number of nitriles is 1. The van der Waals surface area contributed by atoms with Crippen LogP contribution in [0.5, 0.6) is 0 Å². The van der Waals surface area contributed by atoms with E-state index < -0.39 is 5.91 Å². The highest BCUT2D eigenvalue weighted by molar-refractivity contribution is 6.31. The maximum absolute atomic E-state index is 12.6. The van der Waals surface area contributed by atoms with E-state index in [9.17, 15) is 10.1 Å². The Morgan fingerprint density at radius 3 is 2.74 bits per heavy atom. The zero-order chi connectivity index (χ0) is 19.4. The van der Waals surface area contributed by atoms with Crippen molar-refractivity contribution in [3.05, 3.63) is 70.6 Å². The van der Waals surface area contributed by atoms with E-state index in [1.54, 1.807) is 55.4 Å². The molecule has 1 amide bonds. The largest absolute Gasteiger partial charge is 0.321 e. The SMILES string of the molecule is Cc1c(Cl)cccc1NC(=O)/C(C#N)=C\c1cn(C)nc1-c1ccncc1. The third-order valence-electron chi connectivity index (χ3n) is 3.99. The van der Waals surface area contributed by atoms with E-state index in [4.69, 9.17) is 11.6 Å². The third-order valence-corrected chi connectivity index (χ3v) is 4.40. The molecule has 0 aliphatic heterocycles. The van der Waals surface area contributed by atoms with Gasteiger partial charge in [-0.1, -0.05) is 17.7 Å². The van der Waals surface area contributed by atoms with Crippen molar-refractivity contribution in [2.75, 3.05) is 5.32 Å². The monoisotopic (exact) mass is 377 g/mol. The molecule has 7 heteroatoms. The summed E-state index contributed by atoms with van der Waals surface area (Å²) in [7, 11) is 1.78. The lowest BCUT2D eigenvalue weighted by molar-refractivity contribution is -0.112. The van der Waals surface area contributed by atoms with Crippen molar-refractivity contribution in [2.24, 2.45) is 7.05 Å². The van der Waals surface area contributed by atoms with E-state index in [2.05, 4.69) is 15.4 Å². The molecule has 0 radical (unpaired) electrons. The molecule has 0 fully saturated rings. The van der Waals surface area contributed by atoms with Crippen LogP contribution in [0.3, 0.4) is 0 Å². The Hall–Kier alpha value is -3.43. The molecule has 0 aliphatic carbocycles. The first-order chi connectivity index (χ1) is 13.0. The lowest BCUT2D eigenvalue weighted by Crippen LogP contribution is -2.14. The van der Waals surface area contributed by atoms with Gasteiger partial charge in [0.2, 0.25) is 0 Å². The number of nitrogens with one attached hydrogen (secondary N) is 1. The fraction of sp³-hybridized carbons (Fsp3) is 0.100. The minimum absolute atomic E-state index is 0.0299. The molecule has 2 heterocycles. The number of nitrogens with zero attached hydrogens (tertiary/aromatic N) is 4. The van der Waals surface area contributed by atoms with Crippen molar-refractivity contribution in [3.8, 4) is 17.3 Å². The van der Waals surface area contributed by atoms with Crippen LogP contribution in [-0.2, 0) is 11.8 Å². The smallest absolute Gasteiger partial charge is 0.266 e. The van der Waals surface area contributed by atoms with Gasteiger partial charge in [0.25, 0.3) is 5.91 Å². The molecule has 0 spiro atoms. The molecule has 0 aliphatic rings. The summed E-state index contributed by atoms with van der Waals surface area (Å²) in [5.74, 6) is -0.507. The molecule has 1 aromatic carbocycles. The van der Waals surface area contributed by atoms with Gasteiger partial charge in [-0.2, -0.15) is 10.4 Å². The Bertz CT molecular complexity index is 1060. The second-order valence-corrected chi connectivity index (χ2v) is 6.29. The van der Waals surface area contributed by atoms with Crippen LogP contribution >= 0.6 is 11.6 Å². The van der Waals surface area contributed by atoms with Gasteiger partial charge in [0.05, 0.1) is 5.69 Å². The Morgan fingerprint density at radius 2 is 2.04 bits per heavy atom. The Kier molecular flexibility index (Phi) is 5.34. The summed E-state index contributed by atoms with van der Waals surface area (Å²) in [4.78, 5) is 16.6. The Balaban J connectivity index is 1.95. The van der Waals surface area contributed by atoms with E-state index >= 15 is 0 Å². The van der Waals surface area contributed by atoms with Gasteiger partial charge in [0.1, 0.15) is 11.6 Å². The lowest BCUT2D eigenvalue weighted by atomic mass is 10.1. The minimum atomic E-state index is -0.507. The number of aryl methyl sites for hydroxylation is 1. The zero-order valence-electron chi connectivity index (χ0n) is 14.8. The minimum Gasteiger partial charge on any atom is -0.321 e. The number of amides is 1. The molecule has 3 rings (SSSR count). The fourth-order valence-electron chi connectivity index (χ4n) is 2.58. The summed E-state index contributed by atoms with van der Waals surface area (Å²) in [5.41, 5.74) is 3.45. The average molecular weight is 378 g/mol. The maximum Gasteiger partial charge on any atom is 0.266 e. The van der Waals surface area contributed by atoms with E-state index in [0.717, 1.165) is 11.1 Å². The summed E-state index contributed by atoms with van der Waals surface area (Å²) in [6.07, 6.45) is 6.61. The highest BCUT2D eigenvalue weighted by Crippen LogP contribution is 2.25. The van der Waals surface area contributed by atoms with Crippen LogP contribution in [0.2, 0.25) is 5.02 Å². The van der Waals surface area contributed by atoms with Crippen molar-refractivity contribution >= 4 is 29.3 Å². The lowest BCUT2D eigenvalue weighted by Gasteiger charge is -2.08. The Labute approximate surface area is 161 Å². The number of anilines is 1. The van der Waals surface area contributed by atoms with Crippen LogP contribution < -0.4 is 5.32 Å². The second-order valence-electron chi connectivity index (χ2n) is 5.88. The summed E-state index contributed by atoms with van der Waals surface area (Å²) < 4.78 is 1.63. The molecule has 0 saturated heterocycles. The number of halogens is 1. The maximum atomic E-state index is 12.6. The summed E-state index contributed by atoms with van der Waals surface area (Å²) in [5, 5.41) is 17.2. The molecule has 1 N–H and O–H groups in total. The average Bonchev–Trinajstić information content (AvgIpc) is 3.04. The van der Waals surface area contributed by atoms with Gasteiger partial charge in [-0.15, -0.1) is 0 Å². The summed E-state index contributed by atoms with van der Waals surface area (Å²) >= 11 is 6.08. The first kappa shape index (κ1) is 18.4.